The number of nitrogens with zero attached hydrogens (tertiary/aromatic N) is 2. The van der Waals surface area contributed by atoms with E-state index in [0.717, 1.165) is 63.4 Å². The fourth-order valence-electron chi connectivity index (χ4n) is 3.08. The van der Waals surface area contributed by atoms with Gasteiger partial charge < -0.3 is 19.9 Å². The number of rotatable bonds is 5. The highest BCUT2D eigenvalue weighted by molar-refractivity contribution is 5.98. The third-order valence-electron chi connectivity index (χ3n) is 4.35. The van der Waals surface area contributed by atoms with Crippen molar-refractivity contribution in [2.75, 3.05) is 49.1 Å². The number of nitrogens with one attached hydrogen (secondary N) is 1. The van der Waals surface area contributed by atoms with Crippen LogP contribution in [-0.2, 0) is 4.79 Å². The maximum Gasteiger partial charge on any atom is 0.265 e. The molecule has 2 heterocycles. The summed E-state index contributed by atoms with van der Waals surface area (Å²) in [6.07, 6.45) is 3.35. The molecule has 2 aliphatic heterocycles. The van der Waals surface area contributed by atoms with Gasteiger partial charge in [-0.15, -0.1) is 0 Å². The Labute approximate surface area is 132 Å². The van der Waals surface area contributed by atoms with Crippen molar-refractivity contribution in [2.45, 2.75) is 26.2 Å². The van der Waals surface area contributed by atoms with Crippen LogP contribution in [0.3, 0.4) is 0 Å². The van der Waals surface area contributed by atoms with Gasteiger partial charge >= 0.3 is 0 Å². The van der Waals surface area contributed by atoms with Gasteiger partial charge in [-0.2, -0.15) is 0 Å². The van der Waals surface area contributed by atoms with Crippen LogP contribution in [-0.4, -0.2) is 45.2 Å². The number of piperazine rings is 1. The average Bonchev–Trinajstić information content (AvgIpc) is 2.57. The van der Waals surface area contributed by atoms with Crippen LogP contribution < -0.4 is 19.9 Å². The molecule has 120 valence electrons. The number of hydrogen-bond acceptors (Lipinski definition) is 4. The van der Waals surface area contributed by atoms with Crippen LogP contribution in [0, 0.1) is 0 Å². The number of carbonyl (C=O) groups is 1. The molecule has 5 nitrogen and oxygen atoms in total. The van der Waals surface area contributed by atoms with E-state index >= 15 is 0 Å². The summed E-state index contributed by atoms with van der Waals surface area (Å²) < 4.78 is 5.67. The molecule has 1 aromatic carbocycles. The Kier molecular flexibility index (Phi) is 4.83. The van der Waals surface area contributed by atoms with Crippen molar-refractivity contribution in [3.63, 3.8) is 0 Å². The third-order valence-corrected chi connectivity index (χ3v) is 4.35. The van der Waals surface area contributed by atoms with Crippen LogP contribution in [0.4, 0.5) is 11.4 Å². The van der Waals surface area contributed by atoms with Gasteiger partial charge in [0.1, 0.15) is 5.75 Å². The van der Waals surface area contributed by atoms with Crippen LogP contribution in [0.25, 0.3) is 0 Å². The maximum atomic E-state index is 12.1. The molecule has 5 heteroatoms. The van der Waals surface area contributed by atoms with Gasteiger partial charge in [0.25, 0.3) is 5.91 Å². The number of amides is 1. The van der Waals surface area contributed by atoms with Gasteiger partial charge in [0.2, 0.25) is 0 Å². The number of benzene rings is 1. The fourth-order valence-corrected chi connectivity index (χ4v) is 3.08. The maximum absolute atomic E-state index is 12.1. The van der Waals surface area contributed by atoms with Crippen LogP contribution >= 0.6 is 0 Å². The first-order chi connectivity index (χ1) is 10.8. The zero-order chi connectivity index (χ0) is 15.4. The normalized spacial score (nSPS) is 18.1. The number of unbranched alkanes of at least 4 members (excludes halogenated alkanes) is 2. The highest BCUT2D eigenvalue weighted by Gasteiger charge is 2.26. The summed E-state index contributed by atoms with van der Waals surface area (Å²) in [6, 6.07) is 6.23. The molecular weight excluding hydrogens is 278 g/mol. The molecule has 0 bridgehead atoms. The van der Waals surface area contributed by atoms with Gasteiger partial charge in [-0.05, 0) is 18.6 Å². The van der Waals surface area contributed by atoms with Crippen molar-refractivity contribution in [1.82, 2.24) is 5.32 Å². The molecular formula is C17H25N3O2. The summed E-state index contributed by atoms with van der Waals surface area (Å²) in [7, 11) is 0. The number of anilines is 2. The van der Waals surface area contributed by atoms with Crippen molar-refractivity contribution in [1.29, 1.82) is 0 Å². The van der Waals surface area contributed by atoms with Crippen LogP contribution in [0.5, 0.6) is 5.75 Å². The standard InChI is InChI=1S/C17H25N3O2/c1-2-3-4-9-20-15-6-5-14(19-10-7-18-8-11-19)12-16(15)22-13-17(20)21/h5-6,12,18H,2-4,7-11,13H2,1H3. The summed E-state index contributed by atoms with van der Waals surface area (Å²) in [4.78, 5) is 16.4. The van der Waals surface area contributed by atoms with E-state index in [2.05, 4.69) is 29.3 Å². The van der Waals surface area contributed by atoms with Crippen molar-refractivity contribution in [3.8, 4) is 5.75 Å². The Morgan fingerprint density at radius 1 is 1.23 bits per heavy atom. The molecule has 1 fully saturated rings. The van der Waals surface area contributed by atoms with Crippen LogP contribution in [0.2, 0.25) is 0 Å². The highest BCUT2D eigenvalue weighted by Crippen LogP contribution is 2.35. The van der Waals surface area contributed by atoms with Crippen molar-refractivity contribution in [2.24, 2.45) is 0 Å². The highest BCUT2D eigenvalue weighted by atomic mass is 16.5. The summed E-state index contributed by atoms with van der Waals surface area (Å²) in [5, 5.41) is 3.36. The lowest BCUT2D eigenvalue weighted by molar-refractivity contribution is -0.121. The Balaban J connectivity index is 1.77. The quantitative estimate of drug-likeness (QED) is 0.845. The minimum absolute atomic E-state index is 0.0681. The minimum atomic E-state index is 0.0681. The summed E-state index contributed by atoms with van der Waals surface area (Å²) in [6.45, 7) is 7.17. The van der Waals surface area contributed by atoms with Gasteiger partial charge in [0.15, 0.2) is 6.61 Å². The molecule has 0 spiro atoms. The predicted molar refractivity (Wildman–Crippen MR) is 88.9 cm³/mol. The molecule has 1 saturated heterocycles. The SMILES string of the molecule is CCCCCN1C(=O)COc2cc(N3CCNCC3)ccc21. The molecule has 0 saturated carbocycles. The van der Waals surface area contributed by atoms with Gasteiger partial charge in [0, 0.05) is 44.5 Å². The first-order valence-corrected chi connectivity index (χ1v) is 8.32. The molecule has 3 rings (SSSR count). The number of fused-ring (bicyclic) bond motifs is 1. The van der Waals surface area contributed by atoms with Gasteiger partial charge in [-0.25, -0.2) is 0 Å². The molecule has 0 atom stereocenters. The van der Waals surface area contributed by atoms with E-state index in [-0.39, 0.29) is 12.5 Å². The summed E-state index contributed by atoms with van der Waals surface area (Å²) in [5.74, 6) is 0.908. The number of carbonyl (C=O) groups excluding carboxylic acids is 1. The lowest BCUT2D eigenvalue weighted by Crippen LogP contribution is -2.43. The molecule has 1 amide bonds. The number of hydrogen-bond donors (Lipinski definition) is 1. The Morgan fingerprint density at radius 3 is 2.82 bits per heavy atom. The fraction of sp³-hybridized carbons (Fsp3) is 0.588. The zero-order valence-electron chi connectivity index (χ0n) is 13.3. The molecule has 0 aliphatic carbocycles. The molecule has 1 N–H and O–H groups in total. The summed E-state index contributed by atoms with van der Waals surface area (Å²) in [5.41, 5.74) is 2.11. The Bertz CT molecular complexity index is 527. The molecule has 0 unspecified atom stereocenters. The van der Waals surface area contributed by atoms with Crippen LogP contribution in [0.15, 0.2) is 18.2 Å². The number of ether oxygens (including phenoxy) is 1. The van der Waals surface area contributed by atoms with E-state index in [9.17, 15) is 4.79 Å². The van der Waals surface area contributed by atoms with Crippen molar-refractivity contribution in [3.05, 3.63) is 18.2 Å². The second kappa shape index (κ2) is 7.01. The van der Waals surface area contributed by atoms with E-state index in [4.69, 9.17) is 4.74 Å². The minimum Gasteiger partial charge on any atom is -0.481 e. The largest absolute Gasteiger partial charge is 0.481 e. The molecule has 2 aliphatic rings. The Hall–Kier alpha value is -1.75. The summed E-state index contributed by atoms with van der Waals surface area (Å²) >= 11 is 0. The van der Waals surface area contributed by atoms with Crippen molar-refractivity contribution < 1.29 is 9.53 Å². The molecule has 0 aromatic heterocycles. The lowest BCUT2D eigenvalue weighted by atomic mass is 10.1. The van der Waals surface area contributed by atoms with E-state index in [1.165, 1.54) is 5.69 Å². The lowest BCUT2D eigenvalue weighted by Gasteiger charge is -2.33. The first kappa shape index (κ1) is 15.2. The first-order valence-electron chi connectivity index (χ1n) is 8.32. The molecule has 22 heavy (non-hydrogen) atoms. The second-order valence-corrected chi connectivity index (χ2v) is 5.93. The topological polar surface area (TPSA) is 44.8 Å². The van der Waals surface area contributed by atoms with Crippen molar-refractivity contribution >= 4 is 17.3 Å². The van der Waals surface area contributed by atoms with Gasteiger partial charge in [-0.3, -0.25) is 4.79 Å². The van der Waals surface area contributed by atoms with Crippen LogP contribution in [0.1, 0.15) is 26.2 Å². The second-order valence-electron chi connectivity index (χ2n) is 5.93. The average molecular weight is 303 g/mol. The monoisotopic (exact) mass is 303 g/mol. The third kappa shape index (κ3) is 3.19. The zero-order valence-corrected chi connectivity index (χ0v) is 13.3. The smallest absolute Gasteiger partial charge is 0.265 e. The van der Waals surface area contributed by atoms with E-state index in [0.29, 0.717) is 0 Å². The van der Waals surface area contributed by atoms with Gasteiger partial charge in [-0.1, -0.05) is 19.8 Å². The van der Waals surface area contributed by atoms with Gasteiger partial charge in [0.05, 0.1) is 5.69 Å². The van der Waals surface area contributed by atoms with E-state index in [1.807, 2.05) is 11.0 Å². The Morgan fingerprint density at radius 2 is 2.05 bits per heavy atom. The molecule has 0 radical (unpaired) electrons. The predicted octanol–water partition coefficient (Wildman–Crippen LogP) is 2.01. The van der Waals surface area contributed by atoms with E-state index in [1.54, 1.807) is 0 Å². The van der Waals surface area contributed by atoms with E-state index < -0.39 is 0 Å². The molecule has 1 aromatic rings.